The molecule has 0 bridgehead atoms. The van der Waals surface area contributed by atoms with Gasteiger partial charge in [-0.05, 0) is 18.4 Å². The molecule has 1 aliphatic rings. The number of piperazine rings is 1. The van der Waals surface area contributed by atoms with Crippen molar-refractivity contribution in [3.8, 4) is 11.4 Å². The summed E-state index contributed by atoms with van der Waals surface area (Å²) in [6.07, 6.45) is 0. The van der Waals surface area contributed by atoms with Gasteiger partial charge in [0.2, 0.25) is 17.6 Å². The van der Waals surface area contributed by atoms with E-state index in [0.717, 1.165) is 43.9 Å². The van der Waals surface area contributed by atoms with Gasteiger partial charge >= 0.3 is 0 Å². The molecule has 3 rings (SSSR count). The number of hydrogen-bond acceptors (Lipinski definition) is 6. The Labute approximate surface area is 160 Å². The molecular weight excluding hydrogens is 342 g/mol. The summed E-state index contributed by atoms with van der Waals surface area (Å²) in [5.41, 5.74) is 2.14. The predicted molar refractivity (Wildman–Crippen MR) is 104 cm³/mol. The van der Waals surface area contributed by atoms with Gasteiger partial charge in [0.25, 0.3) is 0 Å². The highest BCUT2D eigenvalue weighted by Gasteiger charge is 2.21. The van der Waals surface area contributed by atoms with Crippen LogP contribution in [0.25, 0.3) is 11.4 Å². The van der Waals surface area contributed by atoms with E-state index in [1.54, 1.807) is 0 Å². The largest absolute Gasteiger partial charge is 0.355 e. The summed E-state index contributed by atoms with van der Waals surface area (Å²) < 4.78 is 5.44. The van der Waals surface area contributed by atoms with E-state index in [-0.39, 0.29) is 5.91 Å². The molecule has 0 unspecified atom stereocenters. The van der Waals surface area contributed by atoms with Crippen molar-refractivity contribution in [1.82, 2.24) is 25.3 Å². The average molecular weight is 371 g/mol. The summed E-state index contributed by atoms with van der Waals surface area (Å²) in [5.74, 6) is 1.86. The molecule has 27 heavy (non-hydrogen) atoms. The molecule has 1 saturated heterocycles. The first-order valence-electron chi connectivity index (χ1n) is 9.61. The number of nitrogens with zero attached hydrogens (tertiary/aromatic N) is 4. The Morgan fingerprint density at radius 1 is 1.19 bits per heavy atom. The fourth-order valence-electron chi connectivity index (χ4n) is 3.13. The van der Waals surface area contributed by atoms with Gasteiger partial charge < -0.3 is 9.84 Å². The van der Waals surface area contributed by atoms with Gasteiger partial charge in [0.1, 0.15) is 0 Å². The maximum atomic E-state index is 12.0. The van der Waals surface area contributed by atoms with Crippen LogP contribution in [0.15, 0.2) is 28.8 Å². The molecule has 0 aliphatic carbocycles. The molecule has 7 heteroatoms. The fourth-order valence-corrected chi connectivity index (χ4v) is 3.13. The number of benzene rings is 1. The monoisotopic (exact) mass is 371 g/mol. The summed E-state index contributed by atoms with van der Waals surface area (Å²) in [4.78, 5) is 21.0. The minimum absolute atomic E-state index is 0.108. The van der Waals surface area contributed by atoms with Gasteiger partial charge in [-0.15, -0.1) is 0 Å². The SMILES string of the molecule is Cc1ccccc1-c1noc(CN2CCN(CC(=O)NCC(C)C)CC2)n1. The standard InChI is InChI=1S/C20H29N5O2/c1-15(2)12-21-18(26)13-24-8-10-25(11-9-24)14-19-22-20(23-27-19)17-7-5-4-6-16(17)3/h4-7,15H,8-14H2,1-3H3,(H,21,26). The number of amides is 1. The average Bonchev–Trinajstić information content (AvgIpc) is 3.10. The van der Waals surface area contributed by atoms with Crippen LogP contribution in [0, 0.1) is 12.8 Å². The minimum atomic E-state index is 0.108. The molecule has 2 heterocycles. The number of carbonyl (C=O) groups is 1. The van der Waals surface area contributed by atoms with Gasteiger partial charge in [-0.3, -0.25) is 14.6 Å². The van der Waals surface area contributed by atoms with Crippen LogP contribution in [0.1, 0.15) is 25.3 Å². The Morgan fingerprint density at radius 3 is 2.59 bits per heavy atom. The lowest BCUT2D eigenvalue weighted by atomic mass is 10.1. The van der Waals surface area contributed by atoms with Gasteiger partial charge in [-0.2, -0.15) is 4.98 Å². The smallest absolute Gasteiger partial charge is 0.241 e. The molecule has 0 spiro atoms. The first-order chi connectivity index (χ1) is 13.0. The van der Waals surface area contributed by atoms with Gasteiger partial charge in [-0.25, -0.2) is 0 Å². The Bertz CT molecular complexity index is 750. The second-order valence-corrected chi connectivity index (χ2v) is 7.58. The minimum Gasteiger partial charge on any atom is -0.355 e. The molecule has 0 radical (unpaired) electrons. The van der Waals surface area contributed by atoms with Crippen molar-refractivity contribution in [2.24, 2.45) is 5.92 Å². The third-order valence-corrected chi connectivity index (χ3v) is 4.75. The molecule has 7 nitrogen and oxygen atoms in total. The molecule has 1 amide bonds. The van der Waals surface area contributed by atoms with Gasteiger partial charge in [0.05, 0.1) is 13.1 Å². The first-order valence-corrected chi connectivity index (χ1v) is 9.61. The topological polar surface area (TPSA) is 74.5 Å². The van der Waals surface area contributed by atoms with Crippen molar-refractivity contribution < 1.29 is 9.32 Å². The van der Waals surface area contributed by atoms with Crippen molar-refractivity contribution in [3.05, 3.63) is 35.7 Å². The van der Waals surface area contributed by atoms with Crippen LogP contribution in [0.5, 0.6) is 0 Å². The molecule has 146 valence electrons. The van der Waals surface area contributed by atoms with Crippen LogP contribution in [-0.2, 0) is 11.3 Å². The second-order valence-electron chi connectivity index (χ2n) is 7.58. The van der Waals surface area contributed by atoms with Crippen molar-refractivity contribution in [3.63, 3.8) is 0 Å². The zero-order chi connectivity index (χ0) is 19.2. The third-order valence-electron chi connectivity index (χ3n) is 4.75. The number of aryl methyl sites for hydroxylation is 1. The number of nitrogens with one attached hydrogen (secondary N) is 1. The molecule has 1 aromatic carbocycles. The molecule has 1 aliphatic heterocycles. The summed E-state index contributed by atoms with van der Waals surface area (Å²) in [6, 6.07) is 8.03. The second kappa shape index (κ2) is 9.10. The van der Waals surface area contributed by atoms with E-state index in [9.17, 15) is 4.79 Å². The lowest BCUT2D eigenvalue weighted by Gasteiger charge is -2.33. The van der Waals surface area contributed by atoms with Crippen molar-refractivity contribution in [1.29, 1.82) is 0 Å². The molecule has 0 saturated carbocycles. The maximum Gasteiger partial charge on any atom is 0.241 e. The van der Waals surface area contributed by atoms with E-state index < -0.39 is 0 Å². The highest BCUT2D eigenvalue weighted by Crippen LogP contribution is 2.20. The van der Waals surface area contributed by atoms with Crippen molar-refractivity contribution in [2.75, 3.05) is 39.3 Å². The predicted octanol–water partition coefficient (Wildman–Crippen LogP) is 1.93. The van der Waals surface area contributed by atoms with E-state index in [2.05, 4.69) is 39.1 Å². The van der Waals surface area contributed by atoms with E-state index in [0.29, 0.717) is 30.7 Å². The van der Waals surface area contributed by atoms with Crippen molar-refractivity contribution in [2.45, 2.75) is 27.3 Å². The third kappa shape index (κ3) is 5.61. The summed E-state index contributed by atoms with van der Waals surface area (Å²) >= 11 is 0. The van der Waals surface area contributed by atoms with Gasteiger partial charge in [0, 0.05) is 38.3 Å². The highest BCUT2D eigenvalue weighted by atomic mass is 16.5. The molecule has 1 N–H and O–H groups in total. The summed E-state index contributed by atoms with van der Waals surface area (Å²) in [5, 5.41) is 7.10. The Balaban J connectivity index is 1.46. The molecule has 1 fully saturated rings. The first kappa shape index (κ1) is 19.5. The molecule has 0 atom stereocenters. The highest BCUT2D eigenvalue weighted by molar-refractivity contribution is 5.78. The zero-order valence-electron chi connectivity index (χ0n) is 16.4. The van der Waals surface area contributed by atoms with Crippen LogP contribution in [-0.4, -0.2) is 65.1 Å². The summed E-state index contributed by atoms with van der Waals surface area (Å²) in [6.45, 7) is 11.6. The Morgan fingerprint density at radius 2 is 1.89 bits per heavy atom. The van der Waals surface area contributed by atoms with E-state index in [1.807, 2.05) is 31.2 Å². The lowest BCUT2D eigenvalue weighted by Crippen LogP contribution is -2.49. The summed E-state index contributed by atoms with van der Waals surface area (Å²) in [7, 11) is 0. The van der Waals surface area contributed by atoms with Crippen LogP contribution < -0.4 is 5.32 Å². The quantitative estimate of drug-likeness (QED) is 0.802. The zero-order valence-corrected chi connectivity index (χ0v) is 16.4. The van der Waals surface area contributed by atoms with Crippen LogP contribution >= 0.6 is 0 Å². The van der Waals surface area contributed by atoms with Crippen LogP contribution in [0.2, 0.25) is 0 Å². The van der Waals surface area contributed by atoms with Gasteiger partial charge in [0.15, 0.2) is 0 Å². The van der Waals surface area contributed by atoms with Crippen molar-refractivity contribution >= 4 is 5.91 Å². The Hall–Kier alpha value is -2.25. The van der Waals surface area contributed by atoms with Gasteiger partial charge in [-0.1, -0.05) is 43.3 Å². The normalized spacial score (nSPS) is 16.0. The number of rotatable bonds is 7. The maximum absolute atomic E-state index is 12.0. The van der Waals surface area contributed by atoms with Crippen LogP contribution in [0.4, 0.5) is 0 Å². The van der Waals surface area contributed by atoms with Crippen LogP contribution in [0.3, 0.4) is 0 Å². The number of hydrogen-bond donors (Lipinski definition) is 1. The fraction of sp³-hybridized carbons (Fsp3) is 0.550. The number of aromatic nitrogens is 2. The van der Waals surface area contributed by atoms with E-state index >= 15 is 0 Å². The van der Waals surface area contributed by atoms with E-state index in [4.69, 9.17) is 4.52 Å². The molecule has 1 aromatic heterocycles. The Kier molecular flexibility index (Phi) is 6.58. The van der Waals surface area contributed by atoms with E-state index in [1.165, 1.54) is 0 Å². The number of carbonyl (C=O) groups excluding carboxylic acids is 1. The molecule has 2 aromatic rings. The lowest BCUT2D eigenvalue weighted by molar-refractivity contribution is -0.122. The molecular formula is C20H29N5O2.